The van der Waals surface area contributed by atoms with Crippen LogP contribution in [0.1, 0.15) is 18.6 Å². The molecule has 0 aliphatic carbocycles. The molecule has 0 aromatic heterocycles. The minimum Gasteiger partial charge on any atom is -0.497 e. The highest BCUT2D eigenvalue weighted by Crippen LogP contribution is 2.23. The lowest BCUT2D eigenvalue weighted by Gasteiger charge is -2.29. The highest BCUT2D eigenvalue weighted by molar-refractivity contribution is 5.28. The SMILES string of the molecule is COc1ccc(C2CNCC(C)O2)cc1. The molecule has 3 nitrogen and oxygen atoms in total. The van der Waals surface area contributed by atoms with Gasteiger partial charge >= 0.3 is 0 Å². The number of nitrogens with one attached hydrogen (secondary N) is 1. The van der Waals surface area contributed by atoms with E-state index < -0.39 is 0 Å². The quantitative estimate of drug-likeness (QED) is 0.801. The summed E-state index contributed by atoms with van der Waals surface area (Å²) in [5, 5.41) is 3.36. The second-order valence-electron chi connectivity index (χ2n) is 3.87. The minimum atomic E-state index is 0.166. The zero-order valence-electron chi connectivity index (χ0n) is 9.19. The predicted molar refractivity (Wildman–Crippen MR) is 59.2 cm³/mol. The summed E-state index contributed by atoms with van der Waals surface area (Å²) in [4.78, 5) is 0. The third-order valence-electron chi connectivity index (χ3n) is 2.65. The van der Waals surface area contributed by atoms with E-state index in [2.05, 4.69) is 24.4 Å². The van der Waals surface area contributed by atoms with Gasteiger partial charge in [0.25, 0.3) is 0 Å². The van der Waals surface area contributed by atoms with Gasteiger partial charge in [0.05, 0.1) is 19.3 Å². The number of ether oxygens (including phenoxy) is 2. The lowest BCUT2D eigenvalue weighted by Crippen LogP contribution is -2.38. The predicted octanol–water partition coefficient (Wildman–Crippen LogP) is 1.74. The van der Waals surface area contributed by atoms with Gasteiger partial charge in [0.15, 0.2) is 0 Å². The number of morpholine rings is 1. The van der Waals surface area contributed by atoms with Crippen molar-refractivity contribution < 1.29 is 9.47 Å². The first-order chi connectivity index (χ1) is 7.29. The molecule has 0 radical (unpaired) electrons. The van der Waals surface area contributed by atoms with Crippen LogP contribution in [-0.4, -0.2) is 26.3 Å². The van der Waals surface area contributed by atoms with Crippen LogP contribution in [0.3, 0.4) is 0 Å². The van der Waals surface area contributed by atoms with Crippen LogP contribution in [0.25, 0.3) is 0 Å². The maximum Gasteiger partial charge on any atom is 0.118 e. The Bertz CT molecular complexity index is 310. The van der Waals surface area contributed by atoms with Crippen molar-refractivity contribution in [3.8, 4) is 5.75 Å². The summed E-state index contributed by atoms with van der Waals surface area (Å²) in [5.74, 6) is 0.885. The minimum absolute atomic E-state index is 0.166. The molecule has 15 heavy (non-hydrogen) atoms. The van der Waals surface area contributed by atoms with Crippen LogP contribution in [0.15, 0.2) is 24.3 Å². The van der Waals surface area contributed by atoms with E-state index in [1.807, 2.05) is 12.1 Å². The molecule has 1 aromatic carbocycles. The summed E-state index contributed by atoms with van der Waals surface area (Å²) in [6.45, 7) is 3.91. The van der Waals surface area contributed by atoms with Crippen molar-refractivity contribution >= 4 is 0 Å². The topological polar surface area (TPSA) is 30.5 Å². The van der Waals surface area contributed by atoms with E-state index in [4.69, 9.17) is 9.47 Å². The molecule has 1 fully saturated rings. The van der Waals surface area contributed by atoms with Crippen LogP contribution < -0.4 is 10.1 Å². The van der Waals surface area contributed by atoms with Crippen molar-refractivity contribution in [1.82, 2.24) is 5.32 Å². The molecule has 0 saturated carbocycles. The largest absolute Gasteiger partial charge is 0.497 e. The van der Waals surface area contributed by atoms with E-state index in [-0.39, 0.29) is 12.2 Å². The number of rotatable bonds is 2. The Labute approximate surface area is 90.4 Å². The normalized spacial score (nSPS) is 26.3. The molecule has 2 rings (SSSR count). The Balaban J connectivity index is 2.07. The van der Waals surface area contributed by atoms with E-state index >= 15 is 0 Å². The molecule has 2 atom stereocenters. The number of benzene rings is 1. The van der Waals surface area contributed by atoms with Gasteiger partial charge in [-0.25, -0.2) is 0 Å². The van der Waals surface area contributed by atoms with Crippen LogP contribution in [0.2, 0.25) is 0 Å². The average Bonchev–Trinajstić information content (AvgIpc) is 2.29. The average molecular weight is 207 g/mol. The van der Waals surface area contributed by atoms with Gasteiger partial charge in [-0.3, -0.25) is 0 Å². The van der Waals surface area contributed by atoms with Crippen molar-refractivity contribution in [1.29, 1.82) is 0 Å². The molecule has 2 unspecified atom stereocenters. The van der Waals surface area contributed by atoms with E-state index in [0.717, 1.165) is 18.8 Å². The van der Waals surface area contributed by atoms with Gasteiger partial charge in [-0.15, -0.1) is 0 Å². The maximum absolute atomic E-state index is 5.84. The van der Waals surface area contributed by atoms with E-state index in [9.17, 15) is 0 Å². The molecule has 1 aromatic rings. The van der Waals surface area contributed by atoms with Gasteiger partial charge in [0.2, 0.25) is 0 Å². The standard InChI is InChI=1S/C12H17NO2/c1-9-7-13-8-12(15-9)10-3-5-11(14-2)6-4-10/h3-6,9,12-13H,7-8H2,1-2H3. The zero-order valence-corrected chi connectivity index (χ0v) is 9.19. The third-order valence-corrected chi connectivity index (χ3v) is 2.65. The van der Waals surface area contributed by atoms with Crippen LogP contribution in [0.4, 0.5) is 0 Å². The smallest absolute Gasteiger partial charge is 0.118 e. The molecular formula is C12H17NO2. The van der Waals surface area contributed by atoms with Crippen molar-refractivity contribution in [2.24, 2.45) is 0 Å². The highest BCUT2D eigenvalue weighted by Gasteiger charge is 2.19. The van der Waals surface area contributed by atoms with Crippen molar-refractivity contribution in [2.75, 3.05) is 20.2 Å². The van der Waals surface area contributed by atoms with Crippen LogP contribution in [0.5, 0.6) is 5.75 Å². The van der Waals surface area contributed by atoms with Gasteiger partial charge in [-0.1, -0.05) is 12.1 Å². The fourth-order valence-electron chi connectivity index (χ4n) is 1.81. The first-order valence-electron chi connectivity index (χ1n) is 5.29. The van der Waals surface area contributed by atoms with Gasteiger partial charge in [-0.05, 0) is 24.6 Å². The molecule has 0 spiro atoms. The summed E-state index contributed by atoms with van der Waals surface area (Å²) >= 11 is 0. The lowest BCUT2D eigenvalue weighted by atomic mass is 10.1. The zero-order chi connectivity index (χ0) is 10.7. The summed E-state index contributed by atoms with van der Waals surface area (Å²) < 4.78 is 11.0. The molecule has 1 heterocycles. The number of hydrogen-bond acceptors (Lipinski definition) is 3. The molecular weight excluding hydrogens is 190 g/mol. The third kappa shape index (κ3) is 2.49. The summed E-state index contributed by atoms with van der Waals surface area (Å²) in [7, 11) is 1.68. The van der Waals surface area contributed by atoms with E-state index in [1.165, 1.54) is 5.56 Å². The first kappa shape index (κ1) is 10.5. The Morgan fingerprint density at radius 2 is 2.00 bits per heavy atom. The van der Waals surface area contributed by atoms with Crippen molar-refractivity contribution in [2.45, 2.75) is 19.1 Å². The van der Waals surface area contributed by atoms with Gasteiger partial charge in [-0.2, -0.15) is 0 Å². The molecule has 1 aliphatic heterocycles. The highest BCUT2D eigenvalue weighted by atomic mass is 16.5. The second-order valence-corrected chi connectivity index (χ2v) is 3.87. The Kier molecular flexibility index (Phi) is 3.23. The molecule has 1 saturated heterocycles. The molecule has 0 bridgehead atoms. The van der Waals surface area contributed by atoms with Crippen molar-refractivity contribution in [3.63, 3.8) is 0 Å². The van der Waals surface area contributed by atoms with E-state index in [1.54, 1.807) is 7.11 Å². The summed E-state index contributed by atoms with van der Waals surface area (Å²) in [6, 6.07) is 8.06. The Hall–Kier alpha value is -1.06. The maximum atomic E-state index is 5.84. The lowest BCUT2D eigenvalue weighted by molar-refractivity contribution is -0.0287. The molecule has 0 amide bonds. The Morgan fingerprint density at radius 3 is 2.60 bits per heavy atom. The van der Waals surface area contributed by atoms with E-state index in [0.29, 0.717) is 0 Å². The molecule has 82 valence electrons. The first-order valence-corrected chi connectivity index (χ1v) is 5.29. The van der Waals surface area contributed by atoms with Crippen LogP contribution in [0, 0.1) is 0 Å². The van der Waals surface area contributed by atoms with Gasteiger partial charge in [0, 0.05) is 13.1 Å². The summed E-state index contributed by atoms with van der Waals surface area (Å²) in [6.07, 6.45) is 0.450. The fourth-order valence-corrected chi connectivity index (χ4v) is 1.81. The molecule has 1 aliphatic rings. The van der Waals surface area contributed by atoms with Crippen LogP contribution in [-0.2, 0) is 4.74 Å². The molecule has 3 heteroatoms. The molecule has 1 N–H and O–H groups in total. The van der Waals surface area contributed by atoms with Gasteiger partial charge < -0.3 is 14.8 Å². The monoisotopic (exact) mass is 207 g/mol. The fraction of sp³-hybridized carbons (Fsp3) is 0.500. The summed E-state index contributed by atoms with van der Waals surface area (Å²) in [5.41, 5.74) is 1.20. The second kappa shape index (κ2) is 4.64. The van der Waals surface area contributed by atoms with Crippen molar-refractivity contribution in [3.05, 3.63) is 29.8 Å². The number of hydrogen-bond donors (Lipinski definition) is 1. The van der Waals surface area contributed by atoms with Gasteiger partial charge in [0.1, 0.15) is 5.75 Å². The van der Waals surface area contributed by atoms with Crippen LogP contribution >= 0.6 is 0 Å². The Morgan fingerprint density at radius 1 is 1.27 bits per heavy atom. The number of methoxy groups -OCH3 is 1.